The fourth-order valence-electron chi connectivity index (χ4n) is 2.09. The largest absolute Gasteiger partial charge is 0.496 e. The molecule has 0 saturated carbocycles. The van der Waals surface area contributed by atoms with Crippen molar-refractivity contribution in [3.8, 4) is 17.2 Å². The van der Waals surface area contributed by atoms with Crippen LogP contribution in [-0.4, -0.2) is 33.3 Å². The van der Waals surface area contributed by atoms with Crippen LogP contribution in [0.25, 0.3) is 0 Å². The molecule has 0 fully saturated rings. The molecule has 24 heavy (non-hydrogen) atoms. The number of hydrogen-bond donors (Lipinski definition) is 2. The Morgan fingerprint density at radius 1 is 1.00 bits per heavy atom. The van der Waals surface area contributed by atoms with E-state index in [1.807, 2.05) is 12.1 Å². The van der Waals surface area contributed by atoms with E-state index in [1.54, 1.807) is 44.6 Å². The number of rotatable bonds is 8. The predicted octanol–water partition coefficient (Wildman–Crippen LogP) is 1.97. The molecule has 0 radical (unpaired) electrons. The van der Waals surface area contributed by atoms with Crippen LogP contribution in [0.5, 0.6) is 17.2 Å². The van der Waals surface area contributed by atoms with Gasteiger partial charge in [0.25, 0.3) is 5.91 Å². The van der Waals surface area contributed by atoms with E-state index in [2.05, 4.69) is 5.32 Å². The molecule has 3 N–H and O–H groups in total. The average molecular weight is 330 g/mol. The van der Waals surface area contributed by atoms with E-state index in [-0.39, 0.29) is 5.91 Å². The van der Waals surface area contributed by atoms with E-state index in [0.29, 0.717) is 42.5 Å². The lowest BCUT2D eigenvalue weighted by molar-refractivity contribution is 0.0947. The van der Waals surface area contributed by atoms with Gasteiger partial charge in [-0.2, -0.15) is 0 Å². The molecule has 0 saturated heterocycles. The third-order valence-corrected chi connectivity index (χ3v) is 3.43. The van der Waals surface area contributed by atoms with Gasteiger partial charge in [0.15, 0.2) is 0 Å². The summed E-state index contributed by atoms with van der Waals surface area (Å²) in [6, 6.07) is 12.5. The molecule has 0 aliphatic carbocycles. The molecule has 128 valence electrons. The first-order valence-electron chi connectivity index (χ1n) is 7.59. The maximum Gasteiger partial charge on any atom is 0.251 e. The molecule has 0 atom stereocenters. The number of benzene rings is 2. The van der Waals surface area contributed by atoms with Gasteiger partial charge in [-0.15, -0.1) is 0 Å². The first-order chi connectivity index (χ1) is 11.7. The minimum Gasteiger partial charge on any atom is -0.496 e. The van der Waals surface area contributed by atoms with Crippen LogP contribution in [-0.2, 0) is 6.54 Å². The molecule has 0 aromatic heterocycles. The van der Waals surface area contributed by atoms with E-state index < -0.39 is 0 Å². The quantitative estimate of drug-likeness (QED) is 0.723. The molecular weight excluding hydrogens is 308 g/mol. The third-order valence-electron chi connectivity index (χ3n) is 3.43. The van der Waals surface area contributed by atoms with Crippen molar-refractivity contribution in [3.05, 3.63) is 53.6 Å². The minimum atomic E-state index is -0.148. The van der Waals surface area contributed by atoms with Gasteiger partial charge in [-0.25, -0.2) is 0 Å². The van der Waals surface area contributed by atoms with Crippen LogP contribution in [0.1, 0.15) is 15.9 Å². The maximum absolute atomic E-state index is 12.0. The lowest BCUT2D eigenvalue weighted by atomic mass is 10.1. The number of amides is 1. The topological polar surface area (TPSA) is 82.8 Å². The van der Waals surface area contributed by atoms with Crippen molar-refractivity contribution in [3.63, 3.8) is 0 Å². The van der Waals surface area contributed by atoms with Crippen molar-refractivity contribution in [2.45, 2.75) is 6.54 Å². The number of hydrogen-bond acceptors (Lipinski definition) is 5. The fraction of sp³-hybridized carbons (Fsp3) is 0.278. The van der Waals surface area contributed by atoms with Crippen LogP contribution in [0.4, 0.5) is 0 Å². The lowest BCUT2D eigenvalue weighted by Gasteiger charge is -2.11. The van der Waals surface area contributed by atoms with Crippen LogP contribution in [0.2, 0.25) is 0 Å². The SMILES string of the molecule is COc1cc(OC)cc(OCCNC(=O)c2ccc(CN)cc2)c1. The van der Waals surface area contributed by atoms with Gasteiger partial charge in [-0.1, -0.05) is 12.1 Å². The van der Waals surface area contributed by atoms with Crippen LogP contribution in [0.3, 0.4) is 0 Å². The number of methoxy groups -OCH3 is 2. The zero-order valence-electron chi connectivity index (χ0n) is 13.9. The van der Waals surface area contributed by atoms with E-state index in [0.717, 1.165) is 5.56 Å². The van der Waals surface area contributed by atoms with Gasteiger partial charge in [0, 0.05) is 30.3 Å². The van der Waals surface area contributed by atoms with Crippen LogP contribution in [0.15, 0.2) is 42.5 Å². The second-order valence-electron chi connectivity index (χ2n) is 5.05. The summed E-state index contributed by atoms with van der Waals surface area (Å²) in [6.07, 6.45) is 0. The molecule has 2 aromatic carbocycles. The van der Waals surface area contributed by atoms with Gasteiger partial charge < -0.3 is 25.3 Å². The van der Waals surface area contributed by atoms with E-state index >= 15 is 0 Å². The zero-order valence-corrected chi connectivity index (χ0v) is 13.9. The molecule has 0 aliphatic heterocycles. The van der Waals surface area contributed by atoms with Crippen molar-refractivity contribution >= 4 is 5.91 Å². The van der Waals surface area contributed by atoms with Crippen molar-refractivity contribution < 1.29 is 19.0 Å². The number of nitrogens with two attached hydrogens (primary N) is 1. The van der Waals surface area contributed by atoms with Crippen molar-refractivity contribution in [1.82, 2.24) is 5.32 Å². The number of nitrogens with one attached hydrogen (secondary N) is 1. The summed E-state index contributed by atoms with van der Waals surface area (Å²) in [5.41, 5.74) is 7.12. The van der Waals surface area contributed by atoms with E-state index in [4.69, 9.17) is 19.9 Å². The molecule has 6 nitrogen and oxygen atoms in total. The predicted molar refractivity (Wildman–Crippen MR) is 91.7 cm³/mol. The van der Waals surface area contributed by atoms with Gasteiger partial charge in [-0.05, 0) is 17.7 Å². The molecule has 0 heterocycles. The molecule has 0 aliphatic rings. The molecule has 0 spiro atoms. The Kier molecular flexibility index (Phi) is 6.45. The number of ether oxygens (including phenoxy) is 3. The fourth-order valence-corrected chi connectivity index (χ4v) is 2.09. The first kappa shape index (κ1) is 17.6. The first-order valence-corrected chi connectivity index (χ1v) is 7.59. The summed E-state index contributed by atoms with van der Waals surface area (Å²) in [5.74, 6) is 1.76. The van der Waals surface area contributed by atoms with E-state index in [9.17, 15) is 4.79 Å². The molecular formula is C18H22N2O4. The van der Waals surface area contributed by atoms with Gasteiger partial charge in [0.05, 0.1) is 20.8 Å². The lowest BCUT2D eigenvalue weighted by Crippen LogP contribution is -2.28. The Balaban J connectivity index is 1.82. The standard InChI is InChI=1S/C18H22N2O4/c1-22-15-9-16(23-2)11-17(10-15)24-8-7-20-18(21)14-5-3-13(12-19)4-6-14/h3-6,9-11H,7-8,12,19H2,1-2H3,(H,20,21). The monoisotopic (exact) mass is 330 g/mol. The molecule has 6 heteroatoms. The highest BCUT2D eigenvalue weighted by Gasteiger charge is 2.06. The zero-order chi connectivity index (χ0) is 17.4. The van der Waals surface area contributed by atoms with E-state index in [1.165, 1.54) is 0 Å². The number of carbonyl (C=O) groups is 1. The van der Waals surface area contributed by atoms with Crippen LogP contribution >= 0.6 is 0 Å². The van der Waals surface area contributed by atoms with Crippen molar-refractivity contribution in [2.75, 3.05) is 27.4 Å². The molecule has 0 bridgehead atoms. The highest BCUT2D eigenvalue weighted by atomic mass is 16.5. The second kappa shape index (κ2) is 8.79. The second-order valence-corrected chi connectivity index (χ2v) is 5.05. The summed E-state index contributed by atoms with van der Waals surface area (Å²) in [4.78, 5) is 12.0. The maximum atomic E-state index is 12.0. The van der Waals surface area contributed by atoms with Crippen LogP contribution in [0, 0.1) is 0 Å². The van der Waals surface area contributed by atoms with Gasteiger partial charge >= 0.3 is 0 Å². The summed E-state index contributed by atoms with van der Waals surface area (Å²) in [5, 5.41) is 2.81. The van der Waals surface area contributed by atoms with Gasteiger partial charge in [0.2, 0.25) is 0 Å². The van der Waals surface area contributed by atoms with Crippen molar-refractivity contribution in [1.29, 1.82) is 0 Å². The summed E-state index contributed by atoms with van der Waals surface area (Å²) < 4.78 is 16.0. The Hall–Kier alpha value is -2.73. The molecule has 2 rings (SSSR count). The molecule has 0 unspecified atom stereocenters. The van der Waals surface area contributed by atoms with Gasteiger partial charge in [-0.3, -0.25) is 4.79 Å². The normalized spacial score (nSPS) is 10.1. The number of carbonyl (C=O) groups excluding carboxylic acids is 1. The van der Waals surface area contributed by atoms with Crippen LogP contribution < -0.4 is 25.3 Å². The average Bonchev–Trinajstić information content (AvgIpc) is 2.64. The smallest absolute Gasteiger partial charge is 0.251 e. The summed E-state index contributed by atoms with van der Waals surface area (Å²) >= 11 is 0. The third kappa shape index (κ3) is 4.89. The highest BCUT2D eigenvalue weighted by molar-refractivity contribution is 5.94. The summed E-state index contributed by atoms with van der Waals surface area (Å²) in [6.45, 7) is 1.18. The Morgan fingerprint density at radius 3 is 2.12 bits per heavy atom. The summed E-state index contributed by atoms with van der Waals surface area (Å²) in [7, 11) is 3.16. The molecule has 1 amide bonds. The van der Waals surface area contributed by atoms with Crippen molar-refractivity contribution in [2.24, 2.45) is 5.73 Å². The Bertz CT molecular complexity index is 649. The Labute approximate surface area is 141 Å². The molecule has 2 aromatic rings. The van der Waals surface area contributed by atoms with Gasteiger partial charge in [0.1, 0.15) is 23.9 Å². The highest BCUT2D eigenvalue weighted by Crippen LogP contribution is 2.27. The Morgan fingerprint density at radius 2 is 1.58 bits per heavy atom. The minimum absolute atomic E-state index is 0.148.